The van der Waals surface area contributed by atoms with Gasteiger partial charge in [-0.1, -0.05) is 37.3 Å². The Balaban J connectivity index is 2.00. The van der Waals surface area contributed by atoms with Crippen LogP contribution in [0.1, 0.15) is 24.0 Å². The molecule has 2 aromatic carbocycles. The first kappa shape index (κ1) is 12.6. The van der Waals surface area contributed by atoms with Crippen molar-refractivity contribution < 1.29 is 4.39 Å². The van der Waals surface area contributed by atoms with Gasteiger partial charge in [0.1, 0.15) is 5.82 Å². The molecule has 1 atom stereocenters. The van der Waals surface area contributed by atoms with Crippen molar-refractivity contribution in [3.8, 4) is 11.3 Å². The summed E-state index contributed by atoms with van der Waals surface area (Å²) in [6.07, 6.45) is 1.84. The van der Waals surface area contributed by atoms with E-state index >= 15 is 0 Å². The standard InChI is InChI=1S/C17H15FN2/c1-12(13-5-3-2-4-6-13)16-11-19-20-17(16)14-7-9-15(18)10-8-14/h2-12H,1H3,(H,19,20). The highest BCUT2D eigenvalue weighted by Crippen LogP contribution is 2.31. The summed E-state index contributed by atoms with van der Waals surface area (Å²) in [5.41, 5.74) is 4.24. The third-order valence-corrected chi connectivity index (χ3v) is 3.57. The maximum atomic E-state index is 13.0. The average molecular weight is 266 g/mol. The number of benzene rings is 2. The molecule has 1 unspecified atom stereocenters. The molecule has 0 aliphatic rings. The van der Waals surface area contributed by atoms with E-state index < -0.39 is 0 Å². The van der Waals surface area contributed by atoms with Gasteiger partial charge in [-0.15, -0.1) is 0 Å². The number of H-pyrrole nitrogens is 1. The van der Waals surface area contributed by atoms with E-state index in [1.807, 2.05) is 24.4 Å². The van der Waals surface area contributed by atoms with Gasteiger partial charge in [-0.2, -0.15) is 5.10 Å². The summed E-state index contributed by atoms with van der Waals surface area (Å²) in [6.45, 7) is 2.15. The highest BCUT2D eigenvalue weighted by Gasteiger charge is 2.15. The summed E-state index contributed by atoms with van der Waals surface area (Å²) < 4.78 is 13.0. The maximum absolute atomic E-state index is 13.0. The molecule has 0 saturated carbocycles. The minimum atomic E-state index is -0.231. The predicted octanol–water partition coefficient (Wildman–Crippen LogP) is 4.37. The maximum Gasteiger partial charge on any atom is 0.123 e. The van der Waals surface area contributed by atoms with Crippen LogP contribution in [0, 0.1) is 5.82 Å². The molecule has 3 rings (SSSR count). The first-order chi connectivity index (χ1) is 9.75. The monoisotopic (exact) mass is 266 g/mol. The topological polar surface area (TPSA) is 28.7 Å². The van der Waals surface area contributed by atoms with Crippen molar-refractivity contribution in [3.05, 3.63) is 77.7 Å². The Morgan fingerprint density at radius 1 is 1.00 bits per heavy atom. The van der Waals surface area contributed by atoms with Crippen molar-refractivity contribution in [1.82, 2.24) is 10.2 Å². The van der Waals surface area contributed by atoms with Crippen LogP contribution in [-0.4, -0.2) is 10.2 Å². The molecule has 0 radical (unpaired) electrons. The number of halogens is 1. The van der Waals surface area contributed by atoms with E-state index in [1.54, 1.807) is 12.1 Å². The summed E-state index contributed by atoms with van der Waals surface area (Å²) >= 11 is 0. The molecule has 0 spiro atoms. The third kappa shape index (κ3) is 2.35. The van der Waals surface area contributed by atoms with Crippen LogP contribution in [0.15, 0.2) is 60.8 Å². The molecule has 0 fully saturated rings. The van der Waals surface area contributed by atoms with E-state index in [0.717, 1.165) is 16.8 Å². The van der Waals surface area contributed by atoms with Gasteiger partial charge in [0.15, 0.2) is 0 Å². The summed E-state index contributed by atoms with van der Waals surface area (Å²) in [6, 6.07) is 16.7. The Morgan fingerprint density at radius 3 is 2.40 bits per heavy atom. The number of aromatic nitrogens is 2. The molecule has 0 aliphatic carbocycles. The molecule has 1 N–H and O–H groups in total. The highest BCUT2D eigenvalue weighted by molar-refractivity contribution is 5.64. The number of nitrogens with zero attached hydrogens (tertiary/aromatic N) is 1. The summed E-state index contributed by atoms with van der Waals surface area (Å²) in [5, 5.41) is 7.17. The van der Waals surface area contributed by atoms with Gasteiger partial charge < -0.3 is 0 Å². The normalized spacial score (nSPS) is 12.3. The van der Waals surface area contributed by atoms with Gasteiger partial charge in [-0.05, 0) is 29.8 Å². The quantitative estimate of drug-likeness (QED) is 0.749. The van der Waals surface area contributed by atoms with E-state index in [4.69, 9.17) is 0 Å². The van der Waals surface area contributed by atoms with Gasteiger partial charge in [0.2, 0.25) is 0 Å². The molecular formula is C17H15FN2. The van der Waals surface area contributed by atoms with E-state index in [2.05, 4.69) is 29.3 Å². The van der Waals surface area contributed by atoms with Crippen LogP contribution in [-0.2, 0) is 0 Å². The Hall–Kier alpha value is -2.42. The average Bonchev–Trinajstić information content (AvgIpc) is 2.97. The Morgan fingerprint density at radius 2 is 1.70 bits per heavy atom. The Labute approximate surface area is 117 Å². The number of hydrogen-bond donors (Lipinski definition) is 1. The lowest BCUT2D eigenvalue weighted by Gasteiger charge is -2.12. The van der Waals surface area contributed by atoms with Gasteiger partial charge in [0, 0.05) is 17.0 Å². The van der Waals surface area contributed by atoms with Crippen LogP contribution in [0.25, 0.3) is 11.3 Å². The highest BCUT2D eigenvalue weighted by atomic mass is 19.1. The van der Waals surface area contributed by atoms with E-state index in [9.17, 15) is 4.39 Å². The van der Waals surface area contributed by atoms with Gasteiger partial charge in [0.05, 0.1) is 11.9 Å². The second-order valence-corrected chi connectivity index (χ2v) is 4.84. The summed E-state index contributed by atoms with van der Waals surface area (Å²) in [4.78, 5) is 0. The molecule has 0 saturated heterocycles. The van der Waals surface area contributed by atoms with Crippen LogP contribution < -0.4 is 0 Å². The largest absolute Gasteiger partial charge is 0.278 e. The second kappa shape index (κ2) is 5.29. The van der Waals surface area contributed by atoms with Crippen molar-refractivity contribution in [2.45, 2.75) is 12.8 Å². The minimum absolute atomic E-state index is 0.231. The molecule has 100 valence electrons. The van der Waals surface area contributed by atoms with Crippen LogP contribution in [0.2, 0.25) is 0 Å². The smallest absolute Gasteiger partial charge is 0.123 e. The second-order valence-electron chi connectivity index (χ2n) is 4.84. The molecule has 2 nitrogen and oxygen atoms in total. The number of nitrogens with one attached hydrogen (secondary N) is 1. The lowest BCUT2D eigenvalue weighted by molar-refractivity contribution is 0.628. The van der Waals surface area contributed by atoms with Crippen LogP contribution in [0.3, 0.4) is 0 Å². The van der Waals surface area contributed by atoms with Crippen LogP contribution in [0.4, 0.5) is 4.39 Å². The number of aromatic amines is 1. The van der Waals surface area contributed by atoms with Crippen molar-refractivity contribution in [3.63, 3.8) is 0 Å². The van der Waals surface area contributed by atoms with E-state index in [0.29, 0.717) is 0 Å². The summed E-state index contributed by atoms with van der Waals surface area (Å²) in [5.74, 6) is 0.000858. The SMILES string of the molecule is CC(c1ccccc1)c1cn[nH]c1-c1ccc(F)cc1. The lowest BCUT2D eigenvalue weighted by Crippen LogP contribution is -1.96. The molecular weight excluding hydrogens is 251 g/mol. The van der Waals surface area contributed by atoms with Crippen LogP contribution >= 0.6 is 0 Å². The van der Waals surface area contributed by atoms with E-state index in [-0.39, 0.29) is 11.7 Å². The first-order valence-electron chi connectivity index (χ1n) is 6.60. The van der Waals surface area contributed by atoms with Gasteiger partial charge in [-0.3, -0.25) is 5.10 Å². The minimum Gasteiger partial charge on any atom is -0.278 e. The van der Waals surface area contributed by atoms with Gasteiger partial charge in [0.25, 0.3) is 0 Å². The fourth-order valence-corrected chi connectivity index (χ4v) is 2.39. The molecule has 1 heterocycles. The molecule has 3 aromatic rings. The van der Waals surface area contributed by atoms with Crippen molar-refractivity contribution >= 4 is 0 Å². The number of rotatable bonds is 3. The molecule has 20 heavy (non-hydrogen) atoms. The fraction of sp³-hybridized carbons (Fsp3) is 0.118. The zero-order valence-corrected chi connectivity index (χ0v) is 11.2. The van der Waals surface area contributed by atoms with Crippen molar-refractivity contribution in [2.24, 2.45) is 0 Å². The van der Waals surface area contributed by atoms with Crippen molar-refractivity contribution in [2.75, 3.05) is 0 Å². The zero-order valence-electron chi connectivity index (χ0n) is 11.2. The molecule has 0 amide bonds. The van der Waals surface area contributed by atoms with E-state index in [1.165, 1.54) is 17.7 Å². The molecule has 0 bridgehead atoms. The molecule has 1 aromatic heterocycles. The number of hydrogen-bond acceptors (Lipinski definition) is 1. The molecule has 3 heteroatoms. The van der Waals surface area contributed by atoms with Crippen molar-refractivity contribution in [1.29, 1.82) is 0 Å². The fourth-order valence-electron chi connectivity index (χ4n) is 2.39. The van der Waals surface area contributed by atoms with Gasteiger partial charge in [-0.25, -0.2) is 4.39 Å². The van der Waals surface area contributed by atoms with Gasteiger partial charge >= 0.3 is 0 Å². The Bertz CT molecular complexity index is 687. The summed E-state index contributed by atoms with van der Waals surface area (Å²) in [7, 11) is 0. The van der Waals surface area contributed by atoms with Crippen LogP contribution in [0.5, 0.6) is 0 Å². The lowest BCUT2D eigenvalue weighted by atomic mass is 9.92. The third-order valence-electron chi connectivity index (χ3n) is 3.57. The molecule has 0 aliphatic heterocycles. The Kier molecular flexibility index (Phi) is 3.33. The zero-order chi connectivity index (χ0) is 13.9. The first-order valence-corrected chi connectivity index (χ1v) is 6.60. The predicted molar refractivity (Wildman–Crippen MR) is 77.9 cm³/mol.